The highest BCUT2D eigenvalue weighted by Crippen LogP contribution is 2.31. The van der Waals surface area contributed by atoms with Gasteiger partial charge in [-0.3, -0.25) is 4.99 Å². The van der Waals surface area contributed by atoms with E-state index in [0.717, 1.165) is 12.1 Å². The summed E-state index contributed by atoms with van der Waals surface area (Å²) in [5.41, 5.74) is -0.644. The first-order valence-corrected chi connectivity index (χ1v) is 9.19. The van der Waals surface area contributed by atoms with Gasteiger partial charge in [0.1, 0.15) is 11.9 Å². The number of alkyl halides is 3. The molecule has 1 saturated heterocycles. The molecule has 0 spiro atoms. The Bertz CT molecular complexity index is 637. The van der Waals surface area contributed by atoms with E-state index in [2.05, 4.69) is 22.5 Å². The Kier molecular flexibility index (Phi) is 9.82. The van der Waals surface area contributed by atoms with Crippen LogP contribution >= 0.6 is 24.0 Å². The van der Waals surface area contributed by atoms with Gasteiger partial charge in [-0.05, 0) is 31.5 Å². The third-order valence-corrected chi connectivity index (χ3v) is 4.28. The van der Waals surface area contributed by atoms with Crippen molar-refractivity contribution in [1.29, 1.82) is 0 Å². The molecule has 1 fully saturated rings. The molecule has 0 amide bonds. The van der Waals surface area contributed by atoms with Gasteiger partial charge in [-0.2, -0.15) is 13.2 Å². The van der Waals surface area contributed by atoms with E-state index in [1.54, 1.807) is 0 Å². The maximum Gasteiger partial charge on any atom is 0.416 e. The summed E-state index contributed by atoms with van der Waals surface area (Å²) >= 11 is 0. The molecule has 0 aromatic heterocycles. The Morgan fingerprint density at radius 3 is 2.54 bits per heavy atom. The van der Waals surface area contributed by atoms with Crippen LogP contribution in [0.15, 0.2) is 29.3 Å². The Morgan fingerprint density at radius 1 is 1.29 bits per heavy atom. The van der Waals surface area contributed by atoms with Gasteiger partial charge in [0.05, 0.1) is 31.9 Å². The number of nitrogens with zero attached hydrogens (tertiary/aromatic N) is 1. The molecule has 5 nitrogen and oxygen atoms in total. The summed E-state index contributed by atoms with van der Waals surface area (Å²) in [6.07, 6.45) is -4.01. The first-order valence-electron chi connectivity index (χ1n) is 9.19. The minimum absolute atomic E-state index is 0. The monoisotopic (exact) mass is 515 g/mol. The van der Waals surface area contributed by atoms with E-state index in [1.165, 1.54) is 12.1 Å². The molecule has 1 atom stereocenters. The zero-order valence-electron chi connectivity index (χ0n) is 16.4. The number of benzene rings is 1. The third-order valence-electron chi connectivity index (χ3n) is 4.28. The van der Waals surface area contributed by atoms with Crippen molar-refractivity contribution in [3.63, 3.8) is 0 Å². The molecule has 2 rings (SSSR count). The average molecular weight is 515 g/mol. The SMILES string of the molecule is CCNC(=NCC1(C)COC1)NCC(CC)Oc1cccc(C(F)(F)F)c1.I. The Labute approximate surface area is 181 Å². The summed E-state index contributed by atoms with van der Waals surface area (Å²) in [6.45, 7) is 9.22. The van der Waals surface area contributed by atoms with Crippen LogP contribution in [0.25, 0.3) is 0 Å². The predicted octanol–water partition coefficient (Wildman–Crippen LogP) is 4.07. The fraction of sp³-hybridized carbons (Fsp3) is 0.632. The number of ether oxygens (including phenoxy) is 2. The summed E-state index contributed by atoms with van der Waals surface area (Å²) in [4.78, 5) is 4.58. The number of hydrogen-bond acceptors (Lipinski definition) is 3. The predicted molar refractivity (Wildman–Crippen MR) is 114 cm³/mol. The van der Waals surface area contributed by atoms with E-state index >= 15 is 0 Å². The summed E-state index contributed by atoms with van der Waals surface area (Å²) in [7, 11) is 0. The minimum atomic E-state index is -4.38. The van der Waals surface area contributed by atoms with Crippen molar-refractivity contribution in [1.82, 2.24) is 10.6 Å². The zero-order chi connectivity index (χ0) is 19.9. The van der Waals surface area contributed by atoms with Crippen molar-refractivity contribution < 1.29 is 22.6 Å². The van der Waals surface area contributed by atoms with Gasteiger partial charge in [-0.15, -0.1) is 24.0 Å². The lowest BCUT2D eigenvalue weighted by molar-refractivity contribution is -0.137. The van der Waals surface area contributed by atoms with Crippen LogP contribution in [-0.2, 0) is 10.9 Å². The molecule has 9 heteroatoms. The molecule has 0 bridgehead atoms. The van der Waals surface area contributed by atoms with Gasteiger partial charge >= 0.3 is 6.18 Å². The fourth-order valence-electron chi connectivity index (χ4n) is 2.57. The third kappa shape index (κ3) is 7.65. The number of rotatable bonds is 8. The molecule has 1 aromatic carbocycles. The lowest BCUT2D eigenvalue weighted by Crippen LogP contribution is -2.46. The number of nitrogens with one attached hydrogen (secondary N) is 2. The maximum absolute atomic E-state index is 12.8. The maximum atomic E-state index is 12.8. The van der Waals surface area contributed by atoms with Crippen molar-refractivity contribution in [2.75, 3.05) is 32.8 Å². The number of hydrogen-bond donors (Lipinski definition) is 2. The molecular formula is C19H29F3IN3O2. The van der Waals surface area contributed by atoms with Crippen LogP contribution < -0.4 is 15.4 Å². The number of guanidine groups is 1. The van der Waals surface area contributed by atoms with E-state index < -0.39 is 11.7 Å². The van der Waals surface area contributed by atoms with Gasteiger partial charge in [0.15, 0.2) is 5.96 Å². The Hall–Kier alpha value is -1.23. The fourth-order valence-corrected chi connectivity index (χ4v) is 2.57. The van der Waals surface area contributed by atoms with Crippen LogP contribution in [0.4, 0.5) is 13.2 Å². The van der Waals surface area contributed by atoms with E-state index in [9.17, 15) is 13.2 Å². The highest BCUT2D eigenvalue weighted by atomic mass is 127. The molecule has 1 aliphatic rings. The molecule has 0 saturated carbocycles. The van der Waals surface area contributed by atoms with Gasteiger partial charge in [0.2, 0.25) is 0 Å². The first kappa shape index (κ1) is 24.8. The van der Waals surface area contributed by atoms with E-state index in [-0.39, 0.29) is 41.2 Å². The Balaban J connectivity index is 0.00000392. The summed E-state index contributed by atoms with van der Waals surface area (Å²) in [5.74, 6) is 0.872. The lowest BCUT2D eigenvalue weighted by Gasteiger charge is -2.36. The largest absolute Gasteiger partial charge is 0.489 e. The molecule has 28 heavy (non-hydrogen) atoms. The highest BCUT2D eigenvalue weighted by Gasteiger charge is 2.33. The number of aliphatic imine (C=N–C) groups is 1. The van der Waals surface area contributed by atoms with Crippen molar-refractivity contribution in [2.24, 2.45) is 10.4 Å². The molecular weight excluding hydrogens is 486 g/mol. The molecule has 0 aliphatic carbocycles. The quantitative estimate of drug-likeness (QED) is 0.312. The molecule has 1 aliphatic heterocycles. The van der Waals surface area contributed by atoms with Gasteiger partial charge < -0.3 is 20.1 Å². The smallest absolute Gasteiger partial charge is 0.416 e. The lowest BCUT2D eigenvalue weighted by atomic mass is 9.89. The van der Waals surface area contributed by atoms with Crippen LogP contribution in [0, 0.1) is 5.41 Å². The Morgan fingerprint density at radius 2 is 2.00 bits per heavy atom. The molecule has 1 aromatic rings. The van der Waals surface area contributed by atoms with Crippen LogP contribution in [0.5, 0.6) is 5.75 Å². The summed E-state index contributed by atoms with van der Waals surface area (Å²) in [6, 6.07) is 4.95. The van der Waals surface area contributed by atoms with Gasteiger partial charge in [-0.1, -0.05) is 19.9 Å². The van der Waals surface area contributed by atoms with Crippen LogP contribution in [0.3, 0.4) is 0 Å². The van der Waals surface area contributed by atoms with Crippen molar-refractivity contribution in [2.45, 2.75) is 39.5 Å². The second-order valence-corrected chi connectivity index (χ2v) is 7.05. The van der Waals surface area contributed by atoms with Gasteiger partial charge in [0.25, 0.3) is 0 Å². The van der Waals surface area contributed by atoms with Crippen molar-refractivity contribution >= 4 is 29.9 Å². The normalized spacial score (nSPS) is 17.1. The van der Waals surface area contributed by atoms with Crippen molar-refractivity contribution in [3.8, 4) is 5.75 Å². The van der Waals surface area contributed by atoms with Crippen LogP contribution in [0.2, 0.25) is 0 Å². The second-order valence-electron chi connectivity index (χ2n) is 7.05. The summed E-state index contributed by atoms with van der Waals surface area (Å²) in [5, 5.41) is 6.38. The topological polar surface area (TPSA) is 54.9 Å². The molecule has 2 N–H and O–H groups in total. The summed E-state index contributed by atoms with van der Waals surface area (Å²) < 4.78 is 49.5. The standard InChI is InChI=1S/C19H28F3N3O2.HI/c1-4-15(27-16-8-6-7-14(9-16)19(20,21)22)10-24-17(23-5-2)25-11-18(3)12-26-13-18;/h6-9,15H,4-5,10-13H2,1-3H3,(H2,23,24,25);1H. The van der Waals surface area contributed by atoms with E-state index in [4.69, 9.17) is 9.47 Å². The van der Waals surface area contributed by atoms with Gasteiger partial charge in [0, 0.05) is 12.0 Å². The second kappa shape index (κ2) is 11.1. The zero-order valence-corrected chi connectivity index (χ0v) is 18.8. The molecule has 0 radical (unpaired) electrons. The first-order chi connectivity index (χ1) is 12.8. The van der Waals surface area contributed by atoms with Gasteiger partial charge in [-0.25, -0.2) is 0 Å². The average Bonchev–Trinajstić information content (AvgIpc) is 2.60. The van der Waals surface area contributed by atoms with Crippen LogP contribution in [0.1, 0.15) is 32.8 Å². The molecule has 1 heterocycles. The minimum Gasteiger partial charge on any atom is -0.489 e. The van der Waals surface area contributed by atoms with Crippen LogP contribution in [-0.4, -0.2) is 44.9 Å². The van der Waals surface area contributed by atoms with E-state index in [0.29, 0.717) is 45.2 Å². The number of halogens is 4. The van der Waals surface area contributed by atoms with Crippen molar-refractivity contribution in [3.05, 3.63) is 29.8 Å². The molecule has 160 valence electrons. The molecule has 1 unspecified atom stereocenters. The highest BCUT2D eigenvalue weighted by molar-refractivity contribution is 14.0. The van der Waals surface area contributed by atoms with E-state index in [1.807, 2.05) is 13.8 Å².